The van der Waals surface area contributed by atoms with Crippen LogP contribution in [0.2, 0.25) is 5.02 Å². The molecule has 0 aromatic heterocycles. The molecular weight excluding hydrogens is 349 g/mol. The molecule has 0 heterocycles. The van der Waals surface area contributed by atoms with Crippen LogP contribution in [0.1, 0.15) is 16.7 Å². The summed E-state index contributed by atoms with van der Waals surface area (Å²) in [6.07, 6.45) is 1.78. The van der Waals surface area contributed by atoms with E-state index in [4.69, 9.17) is 11.6 Å². The molecule has 3 aromatic rings. The number of carbonyl (C=O) groups is 1. The summed E-state index contributed by atoms with van der Waals surface area (Å²) >= 11 is 6.24. The van der Waals surface area contributed by atoms with Gasteiger partial charge in [-0.1, -0.05) is 72.3 Å². The highest BCUT2D eigenvalue weighted by molar-refractivity contribution is 6.33. The molecule has 0 unspecified atom stereocenters. The van der Waals surface area contributed by atoms with Gasteiger partial charge in [-0.2, -0.15) is 0 Å². The zero-order chi connectivity index (χ0) is 18.4. The molecular formula is C22H17ClFNO. The van der Waals surface area contributed by atoms with Gasteiger partial charge in [-0.15, -0.1) is 0 Å². The van der Waals surface area contributed by atoms with Crippen LogP contribution in [0.4, 0.5) is 4.39 Å². The van der Waals surface area contributed by atoms with Gasteiger partial charge < -0.3 is 5.32 Å². The maximum absolute atomic E-state index is 13.0. The third-order valence-corrected chi connectivity index (χ3v) is 4.25. The fourth-order valence-corrected chi connectivity index (χ4v) is 2.72. The standard InChI is InChI=1S/C22H17ClFNO/c23-21-9-5-4-8-18(21)14-20(17-6-2-1-3-7-17)22(26)25-15-16-10-12-19(24)13-11-16/h1-14H,15H2,(H,25,26)/b20-14+. The minimum absolute atomic E-state index is 0.222. The molecule has 2 nitrogen and oxygen atoms in total. The smallest absolute Gasteiger partial charge is 0.252 e. The third-order valence-electron chi connectivity index (χ3n) is 3.90. The number of hydrogen-bond donors (Lipinski definition) is 1. The lowest BCUT2D eigenvalue weighted by Crippen LogP contribution is -2.23. The summed E-state index contributed by atoms with van der Waals surface area (Å²) in [6, 6.07) is 22.8. The molecule has 0 radical (unpaired) electrons. The lowest BCUT2D eigenvalue weighted by Gasteiger charge is -2.10. The number of benzene rings is 3. The van der Waals surface area contributed by atoms with Crippen molar-refractivity contribution in [3.63, 3.8) is 0 Å². The molecule has 3 rings (SSSR count). The fourth-order valence-electron chi connectivity index (χ4n) is 2.53. The van der Waals surface area contributed by atoms with E-state index in [0.29, 0.717) is 17.1 Å². The summed E-state index contributed by atoms with van der Waals surface area (Å²) < 4.78 is 13.0. The number of carbonyl (C=O) groups excluding carboxylic acids is 1. The Morgan fingerprint density at radius 3 is 2.27 bits per heavy atom. The van der Waals surface area contributed by atoms with Gasteiger partial charge in [0.05, 0.1) is 0 Å². The van der Waals surface area contributed by atoms with Crippen molar-refractivity contribution < 1.29 is 9.18 Å². The van der Waals surface area contributed by atoms with Crippen molar-refractivity contribution in [2.24, 2.45) is 0 Å². The Balaban J connectivity index is 1.87. The first-order chi connectivity index (χ1) is 12.6. The summed E-state index contributed by atoms with van der Waals surface area (Å²) in [4.78, 5) is 12.8. The molecule has 1 amide bonds. The molecule has 26 heavy (non-hydrogen) atoms. The molecule has 0 aliphatic carbocycles. The van der Waals surface area contributed by atoms with E-state index >= 15 is 0 Å². The molecule has 1 N–H and O–H groups in total. The lowest BCUT2D eigenvalue weighted by atomic mass is 10.0. The van der Waals surface area contributed by atoms with Crippen molar-refractivity contribution in [2.75, 3.05) is 0 Å². The quantitative estimate of drug-likeness (QED) is 0.480. The van der Waals surface area contributed by atoms with Gasteiger partial charge in [0.1, 0.15) is 5.82 Å². The molecule has 0 aliphatic heterocycles. The highest BCUT2D eigenvalue weighted by Gasteiger charge is 2.12. The van der Waals surface area contributed by atoms with Gasteiger partial charge in [-0.3, -0.25) is 4.79 Å². The monoisotopic (exact) mass is 365 g/mol. The van der Waals surface area contributed by atoms with E-state index in [1.165, 1.54) is 12.1 Å². The Labute approximate surface area is 156 Å². The normalized spacial score (nSPS) is 11.2. The van der Waals surface area contributed by atoms with Crippen LogP contribution in [-0.4, -0.2) is 5.91 Å². The SMILES string of the molecule is O=C(NCc1ccc(F)cc1)/C(=C/c1ccccc1Cl)c1ccccc1. The summed E-state index contributed by atoms with van der Waals surface area (Å²) in [5, 5.41) is 3.46. The number of nitrogens with one attached hydrogen (secondary N) is 1. The van der Waals surface area contributed by atoms with Gasteiger partial charge in [0.2, 0.25) is 0 Å². The van der Waals surface area contributed by atoms with Crippen LogP contribution < -0.4 is 5.32 Å². The lowest BCUT2D eigenvalue weighted by molar-refractivity contribution is -0.115. The third kappa shape index (κ3) is 4.58. The predicted octanol–water partition coefficient (Wildman–Crippen LogP) is 5.34. The first kappa shape index (κ1) is 17.9. The van der Waals surface area contributed by atoms with E-state index < -0.39 is 0 Å². The van der Waals surface area contributed by atoms with Crippen molar-refractivity contribution in [1.29, 1.82) is 0 Å². The second-order valence-electron chi connectivity index (χ2n) is 5.75. The average Bonchev–Trinajstić information content (AvgIpc) is 2.67. The van der Waals surface area contributed by atoms with Gasteiger partial charge in [0.25, 0.3) is 5.91 Å². The zero-order valence-corrected chi connectivity index (χ0v) is 14.7. The van der Waals surface area contributed by atoms with Crippen LogP contribution in [0, 0.1) is 5.82 Å². The maximum atomic E-state index is 13.0. The van der Waals surface area contributed by atoms with E-state index in [1.54, 1.807) is 24.3 Å². The van der Waals surface area contributed by atoms with Crippen molar-refractivity contribution in [3.05, 3.63) is 106 Å². The van der Waals surface area contributed by atoms with Crippen LogP contribution >= 0.6 is 11.6 Å². The Morgan fingerprint density at radius 2 is 1.58 bits per heavy atom. The average molecular weight is 366 g/mol. The van der Waals surface area contributed by atoms with Gasteiger partial charge in [-0.25, -0.2) is 4.39 Å². The topological polar surface area (TPSA) is 29.1 Å². The van der Waals surface area contributed by atoms with E-state index in [0.717, 1.165) is 16.7 Å². The largest absolute Gasteiger partial charge is 0.348 e. The molecule has 0 aliphatic rings. The van der Waals surface area contributed by atoms with Crippen molar-refractivity contribution >= 4 is 29.2 Å². The maximum Gasteiger partial charge on any atom is 0.252 e. The summed E-state index contributed by atoms with van der Waals surface area (Å²) in [5.74, 6) is -0.524. The number of hydrogen-bond acceptors (Lipinski definition) is 1. The van der Waals surface area contributed by atoms with Gasteiger partial charge in [-0.05, 0) is 41.0 Å². The molecule has 0 saturated heterocycles. The summed E-state index contributed by atoms with van der Waals surface area (Å²) in [5.41, 5.74) is 2.90. The highest BCUT2D eigenvalue weighted by Crippen LogP contribution is 2.23. The van der Waals surface area contributed by atoms with Crippen molar-refractivity contribution in [1.82, 2.24) is 5.32 Å². The van der Waals surface area contributed by atoms with Crippen LogP contribution in [0.25, 0.3) is 11.6 Å². The van der Waals surface area contributed by atoms with E-state index in [2.05, 4.69) is 5.32 Å². The molecule has 0 atom stereocenters. The molecule has 3 aromatic carbocycles. The predicted molar refractivity (Wildman–Crippen MR) is 104 cm³/mol. The molecule has 130 valence electrons. The summed E-state index contributed by atoms with van der Waals surface area (Å²) in [7, 11) is 0. The second kappa shape index (κ2) is 8.45. The van der Waals surface area contributed by atoms with E-state index in [1.807, 2.05) is 48.5 Å². The van der Waals surface area contributed by atoms with E-state index in [-0.39, 0.29) is 11.7 Å². The van der Waals surface area contributed by atoms with Gasteiger partial charge in [0, 0.05) is 17.1 Å². The van der Waals surface area contributed by atoms with Crippen LogP contribution in [0.5, 0.6) is 0 Å². The Bertz CT molecular complexity index is 920. The second-order valence-corrected chi connectivity index (χ2v) is 6.16. The number of amides is 1. The minimum Gasteiger partial charge on any atom is -0.348 e. The van der Waals surface area contributed by atoms with Crippen LogP contribution in [-0.2, 0) is 11.3 Å². The Morgan fingerprint density at radius 1 is 0.923 bits per heavy atom. The molecule has 0 spiro atoms. The number of halogens is 2. The molecule has 0 bridgehead atoms. The first-order valence-electron chi connectivity index (χ1n) is 8.18. The Hall–Kier alpha value is -2.91. The van der Waals surface area contributed by atoms with Crippen molar-refractivity contribution in [2.45, 2.75) is 6.54 Å². The van der Waals surface area contributed by atoms with Gasteiger partial charge in [0.15, 0.2) is 0 Å². The first-order valence-corrected chi connectivity index (χ1v) is 8.55. The zero-order valence-electron chi connectivity index (χ0n) is 14.0. The molecule has 0 fully saturated rings. The highest BCUT2D eigenvalue weighted by atomic mass is 35.5. The van der Waals surface area contributed by atoms with E-state index in [9.17, 15) is 9.18 Å². The van der Waals surface area contributed by atoms with Crippen LogP contribution in [0.15, 0.2) is 78.9 Å². The molecule has 4 heteroatoms. The Kier molecular flexibility index (Phi) is 5.82. The number of rotatable bonds is 5. The van der Waals surface area contributed by atoms with Crippen LogP contribution in [0.3, 0.4) is 0 Å². The molecule has 0 saturated carbocycles. The van der Waals surface area contributed by atoms with Gasteiger partial charge >= 0.3 is 0 Å². The van der Waals surface area contributed by atoms with Crippen molar-refractivity contribution in [3.8, 4) is 0 Å². The fraction of sp³-hybridized carbons (Fsp3) is 0.0455. The minimum atomic E-state index is -0.302. The summed E-state index contributed by atoms with van der Waals surface area (Å²) in [6.45, 7) is 0.311.